The Labute approximate surface area is 191 Å². The number of methoxy groups -OCH3 is 1. The molecule has 1 amide bonds. The van der Waals surface area contributed by atoms with Crippen molar-refractivity contribution in [1.82, 2.24) is 4.98 Å². The van der Waals surface area contributed by atoms with Gasteiger partial charge in [-0.25, -0.2) is 4.98 Å². The molecule has 4 aromatic rings. The summed E-state index contributed by atoms with van der Waals surface area (Å²) in [6.45, 7) is 3.47. The van der Waals surface area contributed by atoms with Crippen LogP contribution in [0, 0.1) is 13.8 Å². The van der Waals surface area contributed by atoms with Gasteiger partial charge in [0.2, 0.25) is 0 Å². The molecule has 1 atom stereocenters. The van der Waals surface area contributed by atoms with Gasteiger partial charge in [0.25, 0.3) is 5.78 Å². The van der Waals surface area contributed by atoms with Crippen molar-refractivity contribution in [3.63, 3.8) is 0 Å². The van der Waals surface area contributed by atoms with Crippen molar-refractivity contribution in [2.45, 2.75) is 19.9 Å². The third kappa shape index (κ3) is 3.12. The Bertz CT molecular complexity index is 1400. The number of thiazole rings is 1. The number of ether oxygens (including phenoxy) is 1. The zero-order valence-electron chi connectivity index (χ0n) is 17.4. The maximum Gasteiger partial charge on any atom is 0.301 e. The molecule has 162 valence electrons. The summed E-state index contributed by atoms with van der Waals surface area (Å²) in [4.78, 5) is 32.3. The molecular formula is C23H18N2O5S2. The summed E-state index contributed by atoms with van der Waals surface area (Å²) in [7, 11) is 1.58. The molecule has 0 bridgehead atoms. The van der Waals surface area contributed by atoms with Crippen LogP contribution in [0.25, 0.3) is 16.0 Å². The predicted molar refractivity (Wildman–Crippen MR) is 123 cm³/mol. The lowest BCUT2D eigenvalue weighted by molar-refractivity contribution is -0.132. The second-order valence-corrected chi connectivity index (χ2v) is 9.17. The second-order valence-electron chi connectivity index (χ2n) is 7.38. The molecule has 7 nitrogen and oxygen atoms in total. The number of hydrogen-bond acceptors (Lipinski definition) is 8. The van der Waals surface area contributed by atoms with E-state index in [9.17, 15) is 14.7 Å². The van der Waals surface area contributed by atoms with E-state index in [0.717, 1.165) is 10.3 Å². The topological polar surface area (TPSA) is 92.9 Å². The number of hydrogen-bond donors (Lipinski definition) is 1. The lowest BCUT2D eigenvalue weighted by atomic mass is 9.97. The summed E-state index contributed by atoms with van der Waals surface area (Å²) in [5.41, 5.74) is 1.84. The standard InChI is InChI=1S/C23H18N2O5S2/c1-11-8-15(12(2)30-11)20(26)18-19(13-6-7-31-10-13)25(22(28)21(18)27)23-24-16-5-4-14(29-3)9-17(16)32-23/h4-10,19,26H,1-3H3/b20-18+. The summed E-state index contributed by atoms with van der Waals surface area (Å²) in [6.07, 6.45) is 0. The molecule has 0 aliphatic carbocycles. The highest BCUT2D eigenvalue weighted by Gasteiger charge is 2.48. The van der Waals surface area contributed by atoms with E-state index in [2.05, 4.69) is 4.98 Å². The van der Waals surface area contributed by atoms with Gasteiger partial charge in [0.15, 0.2) is 5.13 Å². The van der Waals surface area contributed by atoms with E-state index in [1.807, 2.05) is 29.0 Å². The van der Waals surface area contributed by atoms with Crippen LogP contribution in [-0.4, -0.2) is 28.9 Å². The largest absolute Gasteiger partial charge is 0.507 e. The average Bonchev–Trinajstić information content (AvgIpc) is 3.54. The van der Waals surface area contributed by atoms with Gasteiger partial charge in [-0.05, 0) is 60.5 Å². The van der Waals surface area contributed by atoms with E-state index in [1.165, 1.54) is 27.6 Å². The molecule has 3 aromatic heterocycles. The molecule has 1 fully saturated rings. The number of aliphatic hydroxyl groups is 1. The molecule has 1 unspecified atom stereocenters. The Kier molecular flexibility index (Phi) is 4.87. The number of nitrogens with zero attached hydrogens (tertiary/aromatic N) is 2. The molecule has 1 aromatic carbocycles. The van der Waals surface area contributed by atoms with Crippen LogP contribution in [0.15, 0.2) is 51.1 Å². The molecule has 1 aliphatic rings. The van der Waals surface area contributed by atoms with Crippen LogP contribution < -0.4 is 9.64 Å². The highest BCUT2D eigenvalue weighted by atomic mass is 32.1. The molecule has 4 heterocycles. The number of aliphatic hydroxyl groups excluding tert-OH is 1. The van der Waals surface area contributed by atoms with Crippen molar-refractivity contribution in [2.75, 3.05) is 12.0 Å². The summed E-state index contributed by atoms with van der Waals surface area (Å²) >= 11 is 2.74. The monoisotopic (exact) mass is 466 g/mol. The Morgan fingerprint density at radius 1 is 1.22 bits per heavy atom. The Balaban J connectivity index is 1.71. The fourth-order valence-corrected chi connectivity index (χ4v) is 5.61. The first-order chi connectivity index (χ1) is 15.4. The van der Waals surface area contributed by atoms with E-state index in [4.69, 9.17) is 9.15 Å². The highest BCUT2D eigenvalue weighted by molar-refractivity contribution is 7.22. The highest BCUT2D eigenvalue weighted by Crippen LogP contribution is 2.45. The van der Waals surface area contributed by atoms with E-state index in [-0.39, 0.29) is 11.3 Å². The number of carbonyl (C=O) groups excluding carboxylic acids is 2. The normalized spacial score (nSPS) is 18.1. The third-order valence-electron chi connectivity index (χ3n) is 5.39. The number of aromatic nitrogens is 1. The third-order valence-corrected chi connectivity index (χ3v) is 7.11. The minimum absolute atomic E-state index is 0.0223. The van der Waals surface area contributed by atoms with Crippen LogP contribution in [0.1, 0.15) is 28.7 Å². The van der Waals surface area contributed by atoms with E-state index >= 15 is 0 Å². The Hall–Kier alpha value is -3.43. The molecule has 0 saturated carbocycles. The summed E-state index contributed by atoms with van der Waals surface area (Å²) < 4.78 is 11.6. The number of Topliss-reactive ketones (excluding diaryl/α,β-unsaturated/α-hetero) is 1. The summed E-state index contributed by atoms with van der Waals surface area (Å²) in [5, 5.41) is 15.2. The van der Waals surface area contributed by atoms with Gasteiger partial charge in [0.05, 0.1) is 34.5 Å². The molecule has 0 spiro atoms. The van der Waals surface area contributed by atoms with Crippen LogP contribution in [0.3, 0.4) is 0 Å². The van der Waals surface area contributed by atoms with Crippen LogP contribution in [0.4, 0.5) is 5.13 Å². The number of anilines is 1. The molecule has 9 heteroatoms. The predicted octanol–water partition coefficient (Wildman–Crippen LogP) is 5.20. The van der Waals surface area contributed by atoms with Crippen molar-refractivity contribution < 1.29 is 23.8 Å². The van der Waals surface area contributed by atoms with Crippen LogP contribution >= 0.6 is 22.7 Å². The number of rotatable bonds is 4. The van der Waals surface area contributed by atoms with Gasteiger partial charge >= 0.3 is 5.91 Å². The number of carbonyl (C=O) groups is 2. The number of fused-ring (bicyclic) bond motifs is 1. The van der Waals surface area contributed by atoms with E-state index < -0.39 is 17.7 Å². The molecule has 1 saturated heterocycles. The fraction of sp³-hybridized carbons (Fsp3) is 0.174. The minimum atomic E-state index is -0.793. The van der Waals surface area contributed by atoms with E-state index in [0.29, 0.717) is 33.5 Å². The van der Waals surface area contributed by atoms with Crippen molar-refractivity contribution in [2.24, 2.45) is 0 Å². The van der Waals surface area contributed by atoms with Gasteiger partial charge in [-0.1, -0.05) is 11.3 Å². The number of ketones is 1. The zero-order valence-corrected chi connectivity index (χ0v) is 19.0. The van der Waals surface area contributed by atoms with Crippen LogP contribution in [0.2, 0.25) is 0 Å². The van der Waals surface area contributed by atoms with Gasteiger partial charge in [-0.2, -0.15) is 11.3 Å². The smallest absolute Gasteiger partial charge is 0.301 e. The Morgan fingerprint density at radius 3 is 2.69 bits per heavy atom. The van der Waals surface area contributed by atoms with Gasteiger partial charge < -0.3 is 14.3 Å². The maximum atomic E-state index is 13.2. The fourth-order valence-electron chi connectivity index (χ4n) is 3.91. The first-order valence-corrected chi connectivity index (χ1v) is 11.5. The summed E-state index contributed by atoms with van der Waals surface area (Å²) in [6, 6.07) is 8.14. The molecule has 0 radical (unpaired) electrons. The second kappa shape index (κ2) is 7.61. The van der Waals surface area contributed by atoms with Gasteiger partial charge in [-0.3, -0.25) is 14.5 Å². The lowest BCUT2D eigenvalue weighted by Crippen LogP contribution is -2.29. The van der Waals surface area contributed by atoms with E-state index in [1.54, 1.807) is 33.1 Å². The number of benzene rings is 1. The SMILES string of the molecule is COc1ccc2nc(N3C(=O)C(=O)/C(=C(/O)c4cc(C)oc4C)C3c3ccsc3)sc2c1. The molecule has 32 heavy (non-hydrogen) atoms. The maximum absolute atomic E-state index is 13.2. The number of furan rings is 1. The Morgan fingerprint density at radius 2 is 2.03 bits per heavy atom. The van der Waals surface area contributed by atoms with Crippen molar-refractivity contribution in [3.8, 4) is 5.75 Å². The number of amides is 1. The molecule has 1 aliphatic heterocycles. The molecule has 1 N–H and O–H groups in total. The van der Waals surface area contributed by atoms with Crippen molar-refractivity contribution >= 4 is 55.5 Å². The van der Waals surface area contributed by atoms with Gasteiger partial charge in [0, 0.05) is 0 Å². The first kappa shape index (κ1) is 20.5. The quantitative estimate of drug-likeness (QED) is 0.252. The summed E-state index contributed by atoms with van der Waals surface area (Å²) in [5.74, 6) is 0.0161. The van der Waals surface area contributed by atoms with Crippen molar-refractivity contribution in [3.05, 3.63) is 69.3 Å². The minimum Gasteiger partial charge on any atom is -0.507 e. The van der Waals surface area contributed by atoms with Crippen LogP contribution in [-0.2, 0) is 9.59 Å². The lowest BCUT2D eigenvalue weighted by Gasteiger charge is -2.21. The van der Waals surface area contributed by atoms with Crippen molar-refractivity contribution in [1.29, 1.82) is 0 Å². The number of aryl methyl sites for hydroxylation is 2. The molecular weight excluding hydrogens is 448 g/mol. The zero-order chi connectivity index (χ0) is 22.6. The molecule has 5 rings (SSSR count). The average molecular weight is 467 g/mol. The van der Waals surface area contributed by atoms with Gasteiger partial charge in [-0.15, -0.1) is 0 Å². The number of thiophene rings is 1. The first-order valence-electron chi connectivity index (χ1n) is 9.74. The van der Waals surface area contributed by atoms with Gasteiger partial charge in [0.1, 0.15) is 23.0 Å². The van der Waals surface area contributed by atoms with Crippen LogP contribution in [0.5, 0.6) is 5.75 Å².